The number of anilines is 1. The summed E-state index contributed by atoms with van der Waals surface area (Å²) in [5.41, 5.74) is 0. The van der Waals surface area contributed by atoms with Gasteiger partial charge in [-0.2, -0.15) is 0 Å². The van der Waals surface area contributed by atoms with Gasteiger partial charge in [-0.25, -0.2) is 23.1 Å². The van der Waals surface area contributed by atoms with Gasteiger partial charge in [0.15, 0.2) is 0 Å². The number of halogens is 1. The highest BCUT2D eigenvalue weighted by Crippen LogP contribution is 2.25. The lowest BCUT2D eigenvalue weighted by Gasteiger charge is -2.15. The summed E-state index contributed by atoms with van der Waals surface area (Å²) in [4.78, 5) is 8.16. The summed E-state index contributed by atoms with van der Waals surface area (Å²) in [5.74, 6) is 0.433. The smallest absolute Gasteiger partial charge is 0.242 e. The number of sulfonamides is 1. The van der Waals surface area contributed by atoms with Crippen LogP contribution < -0.4 is 10.0 Å². The Morgan fingerprint density at radius 3 is 2.71 bits per heavy atom. The summed E-state index contributed by atoms with van der Waals surface area (Å²) in [6, 6.07) is 1.01. The highest BCUT2D eigenvalue weighted by Gasteiger charge is 2.23. The van der Waals surface area contributed by atoms with E-state index in [1.165, 1.54) is 23.6 Å². The molecule has 9 heteroatoms. The second-order valence-electron chi connectivity index (χ2n) is 4.20. The van der Waals surface area contributed by atoms with Gasteiger partial charge in [0.2, 0.25) is 10.0 Å². The number of aromatic nitrogens is 2. The first-order chi connectivity index (χ1) is 9.97. The molecule has 0 spiro atoms. The highest BCUT2D eigenvalue weighted by atomic mass is 35.5. The highest BCUT2D eigenvalue weighted by molar-refractivity contribution is 7.89. The van der Waals surface area contributed by atoms with Crippen LogP contribution in [0.15, 0.2) is 28.7 Å². The minimum absolute atomic E-state index is 0.0292. The fraction of sp³-hybridized carbons (Fsp3) is 0.333. The zero-order valence-electron chi connectivity index (χ0n) is 11.5. The van der Waals surface area contributed by atoms with Gasteiger partial charge in [0.25, 0.3) is 0 Å². The number of nitrogens with zero attached hydrogens (tertiary/aromatic N) is 2. The van der Waals surface area contributed by atoms with Crippen molar-refractivity contribution in [2.45, 2.75) is 24.3 Å². The van der Waals surface area contributed by atoms with E-state index in [1.54, 1.807) is 13.2 Å². The summed E-state index contributed by atoms with van der Waals surface area (Å²) in [5, 5.41) is 5.57. The van der Waals surface area contributed by atoms with Crippen molar-refractivity contribution in [1.82, 2.24) is 14.7 Å². The van der Waals surface area contributed by atoms with Crippen LogP contribution in [0, 0.1) is 0 Å². The maximum Gasteiger partial charge on any atom is 0.242 e. The Morgan fingerprint density at radius 1 is 1.43 bits per heavy atom. The van der Waals surface area contributed by atoms with E-state index in [0.717, 1.165) is 5.01 Å². The monoisotopic (exact) mass is 346 g/mol. The molecule has 0 aliphatic heterocycles. The Balaban J connectivity index is 2.27. The first-order valence-corrected chi connectivity index (χ1v) is 8.97. The van der Waals surface area contributed by atoms with Crippen LogP contribution in [-0.2, 0) is 10.0 Å². The minimum Gasteiger partial charge on any atom is -0.372 e. The van der Waals surface area contributed by atoms with Gasteiger partial charge in [0.05, 0.1) is 11.1 Å². The molecule has 114 valence electrons. The summed E-state index contributed by atoms with van der Waals surface area (Å²) < 4.78 is 27.4. The van der Waals surface area contributed by atoms with Crippen molar-refractivity contribution in [2.24, 2.45) is 0 Å². The predicted octanol–water partition coefficient (Wildman–Crippen LogP) is 2.66. The Morgan fingerprint density at radius 2 is 2.19 bits per heavy atom. The molecular weight excluding hydrogens is 332 g/mol. The van der Waals surface area contributed by atoms with Crippen molar-refractivity contribution in [2.75, 3.05) is 12.4 Å². The summed E-state index contributed by atoms with van der Waals surface area (Å²) in [7, 11) is -2.04. The zero-order chi connectivity index (χ0) is 15.5. The van der Waals surface area contributed by atoms with E-state index in [-0.39, 0.29) is 16.0 Å². The molecule has 0 aliphatic carbocycles. The third-order valence-corrected chi connectivity index (χ3v) is 5.43. The lowest BCUT2D eigenvalue weighted by atomic mass is 10.3. The second-order valence-corrected chi connectivity index (χ2v) is 7.25. The molecule has 0 aromatic carbocycles. The Kier molecular flexibility index (Phi) is 5.15. The molecule has 0 saturated heterocycles. The second kappa shape index (κ2) is 6.69. The molecule has 1 atom stereocenters. The van der Waals surface area contributed by atoms with Crippen molar-refractivity contribution in [1.29, 1.82) is 0 Å². The van der Waals surface area contributed by atoms with E-state index >= 15 is 0 Å². The van der Waals surface area contributed by atoms with Gasteiger partial charge >= 0.3 is 0 Å². The normalized spacial score (nSPS) is 13.1. The van der Waals surface area contributed by atoms with Crippen LogP contribution >= 0.6 is 22.9 Å². The maximum absolute atomic E-state index is 12.4. The SMILES string of the molecule is CCC(NS(=O)(=O)c1cnc(NC)c(Cl)c1)c1nccs1. The summed E-state index contributed by atoms with van der Waals surface area (Å²) in [6.45, 7) is 1.89. The average molecular weight is 347 g/mol. The van der Waals surface area contributed by atoms with Crippen LogP contribution in [0.25, 0.3) is 0 Å². The van der Waals surface area contributed by atoms with E-state index in [2.05, 4.69) is 20.0 Å². The maximum atomic E-state index is 12.4. The summed E-state index contributed by atoms with van der Waals surface area (Å²) in [6.07, 6.45) is 3.52. The van der Waals surface area contributed by atoms with Gasteiger partial charge in [0, 0.05) is 24.8 Å². The topological polar surface area (TPSA) is 84.0 Å². The molecule has 2 N–H and O–H groups in total. The number of pyridine rings is 1. The fourth-order valence-electron chi connectivity index (χ4n) is 1.72. The summed E-state index contributed by atoms with van der Waals surface area (Å²) >= 11 is 7.39. The molecule has 2 aromatic rings. The van der Waals surface area contributed by atoms with E-state index in [9.17, 15) is 8.42 Å². The van der Waals surface area contributed by atoms with Gasteiger partial charge in [-0.15, -0.1) is 11.3 Å². The van der Waals surface area contributed by atoms with Crippen LogP contribution in [0.1, 0.15) is 24.4 Å². The molecule has 0 amide bonds. The molecule has 0 radical (unpaired) electrons. The van der Waals surface area contributed by atoms with Crippen LogP contribution in [0.4, 0.5) is 5.82 Å². The average Bonchev–Trinajstić information content (AvgIpc) is 2.98. The molecule has 1 unspecified atom stereocenters. The van der Waals surface area contributed by atoms with E-state index in [4.69, 9.17) is 11.6 Å². The fourth-order valence-corrected chi connectivity index (χ4v) is 4.15. The Bertz CT molecular complexity index is 704. The third-order valence-electron chi connectivity index (χ3n) is 2.82. The lowest BCUT2D eigenvalue weighted by Crippen LogP contribution is -2.28. The van der Waals surface area contributed by atoms with Crippen LogP contribution in [0.2, 0.25) is 5.02 Å². The van der Waals surface area contributed by atoms with Crippen LogP contribution in [-0.4, -0.2) is 25.4 Å². The van der Waals surface area contributed by atoms with E-state index in [1.807, 2.05) is 12.3 Å². The zero-order valence-corrected chi connectivity index (χ0v) is 13.9. The minimum atomic E-state index is -3.70. The molecule has 0 fully saturated rings. The van der Waals surface area contributed by atoms with Crippen molar-refractivity contribution >= 4 is 38.8 Å². The Hall–Kier alpha value is -1.22. The largest absolute Gasteiger partial charge is 0.372 e. The van der Waals surface area contributed by atoms with Gasteiger partial charge < -0.3 is 5.32 Å². The predicted molar refractivity (Wildman–Crippen MR) is 84.3 cm³/mol. The van der Waals surface area contributed by atoms with Crippen LogP contribution in [0.5, 0.6) is 0 Å². The van der Waals surface area contributed by atoms with Gasteiger partial charge in [-0.05, 0) is 12.5 Å². The van der Waals surface area contributed by atoms with E-state index in [0.29, 0.717) is 12.2 Å². The molecule has 6 nitrogen and oxygen atoms in total. The third kappa shape index (κ3) is 3.70. The molecule has 2 heterocycles. The van der Waals surface area contributed by atoms with Crippen molar-refractivity contribution in [3.8, 4) is 0 Å². The molecular formula is C12H15ClN4O2S2. The van der Waals surface area contributed by atoms with Gasteiger partial charge in [-0.3, -0.25) is 0 Å². The molecule has 0 bridgehead atoms. The van der Waals surface area contributed by atoms with E-state index < -0.39 is 10.0 Å². The molecule has 2 aromatic heterocycles. The number of hydrogen-bond acceptors (Lipinski definition) is 6. The van der Waals surface area contributed by atoms with Crippen molar-refractivity contribution in [3.05, 3.63) is 33.9 Å². The number of hydrogen-bond donors (Lipinski definition) is 2. The van der Waals surface area contributed by atoms with Gasteiger partial charge in [0.1, 0.15) is 15.7 Å². The lowest BCUT2D eigenvalue weighted by molar-refractivity contribution is 0.548. The van der Waals surface area contributed by atoms with Gasteiger partial charge in [-0.1, -0.05) is 18.5 Å². The standard InChI is InChI=1S/C12H15ClN4O2S2/c1-3-10(12-15-4-5-20-12)17-21(18,19)8-6-9(13)11(14-2)16-7-8/h4-7,10,17H,3H2,1-2H3,(H,14,16). The Labute approximate surface area is 132 Å². The first-order valence-electron chi connectivity index (χ1n) is 6.23. The molecule has 0 aliphatic rings. The first kappa shape index (κ1) is 16.2. The van der Waals surface area contributed by atoms with Crippen molar-refractivity contribution < 1.29 is 8.42 Å². The number of rotatable bonds is 6. The number of nitrogens with one attached hydrogen (secondary N) is 2. The van der Waals surface area contributed by atoms with Crippen molar-refractivity contribution in [3.63, 3.8) is 0 Å². The number of thiazole rings is 1. The molecule has 21 heavy (non-hydrogen) atoms. The molecule has 0 saturated carbocycles. The molecule has 2 rings (SSSR count). The van der Waals surface area contributed by atoms with Crippen LogP contribution in [0.3, 0.4) is 0 Å². The quantitative estimate of drug-likeness (QED) is 0.840.